The molecule has 0 aliphatic carbocycles. The molecule has 0 bridgehead atoms. The van der Waals surface area contributed by atoms with Gasteiger partial charge in [-0.25, -0.2) is 4.79 Å². The zero-order chi connectivity index (χ0) is 22.4. The van der Waals surface area contributed by atoms with Gasteiger partial charge in [0.2, 0.25) is 0 Å². The molecule has 0 saturated heterocycles. The molecule has 2 rings (SSSR count). The Kier molecular flexibility index (Phi) is 7.35. The highest BCUT2D eigenvalue weighted by Crippen LogP contribution is 2.35. The summed E-state index contributed by atoms with van der Waals surface area (Å²) in [5, 5.41) is 14.1. The van der Waals surface area contributed by atoms with E-state index >= 15 is 0 Å². The molecule has 9 heteroatoms. The van der Waals surface area contributed by atoms with Crippen LogP contribution in [0.15, 0.2) is 30.3 Å². The maximum absolute atomic E-state index is 12.6. The Morgan fingerprint density at radius 2 is 1.87 bits per heavy atom. The smallest absolute Gasteiger partial charge is 0.346 e. The van der Waals surface area contributed by atoms with Gasteiger partial charge in [-0.05, 0) is 39.3 Å². The van der Waals surface area contributed by atoms with Crippen LogP contribution in [0.3, 0.4) is 0 Å². The predicted molar refractivity (Wildman–Crippen MR) is 110 cm³/mol. The van der Waals surface area contributed by atoms with Crippen LogP contribution in [0.4, 0.5) is 11.4 Å². The normalized spacial score (nSPS) is 11.4. The number of methoxy groups -OCH3 is 1. The number of nitrogens with one attached hydrogen (secondary N) is 1. The first-order valence-corrected chi connectivity index (χ1v) is 9.26. The molecule has 0 saturated carbocycles. The molecule has 0 heterocycles. The summed E-state index contributed by atoms with van der Waals surface area (Å²) in [4.78, 5) is 35.7. The van der Waals surface area contributed by atoms with E-state index in [9.17, 15) is 19.7 Å². The minimum Gasteiger partial charge on any atom is -0.493 e. The molecule has 2 aromatic carbocycles. The van der Waals surface area contributed by atoms with E-state index in [1.54, 1.807) is 13.0 Å². The summed E-state index contributed by atoms with van der Waals surface area (Å²) in [5.74, 6) is -1.31. The third-order valence-electron chi connectivity index (χ3n) is 4.29. The zero-order valence-corrected chi connectivity index (χ0v) is 17.5. The van der Waals surface area contributed by atoms with Crippen molar-refractivity contribution in [1.82, 2.24) is 0 Å². The van der Waals surface area contributed by atoms with Crippen molar-refractivity contribution in [3.8, 4) is 11.5 Å². The van der Waals surface area contributed by atoms with Gasteiger partial charge in [0.15, 0.2) is 17.6 Å². The van der Waals surface area contributed by atoms with Gasteiger partial charge in [0.1, 0.15) is 5.56 Å². The Bertz CT molecular complexity index is 972. The summed E-state index contributed by atoms with van der Waals surface area (Å²) in [5.41, 5.74) is 1.63. The average molecular weight is 416 g/mol. The van der Waals surface area contributed by atoms with Crippen molar-refractivity contribution in [3.63, 3.8) is 0 Å². The number of esters is 1. The lowest BCUT2D eigenvalue weighted by Gasteiger charge is -2.16. The van der Waals surface area contributed by atoms with Crippen LogP contribution in [0.1, 0.15) is 35.3 Å². The van der Waals surface area contributed by atoms with E-state index < -0.39 is 28.6 Å². The van der Waals surface area contributed by atoms with Crippen LogP contribution in [0, 0.1) is 24.0 Å². The highest BCUT2D eigenvalue weighted by Gasteiger charge is 2.28. The standard InChI is InChI=1S/C21H24N2O7/c1-6-29-19-11-17(23(26)27)15(10-18(19)28-5)21(25)30-14(4)20(24)22-16-8-7-12(2)9-13(16)3/h7-11,14H,6H2,1-5H3,(H,22,24)/t14-/m0/s1. The molecule has 1 N–H and O–H groups in total. The molecule has 0 fully saturated rings. The highest BCUT2D eigenvalue weighted by molar-refractivity contribution is 5.99. The molecule has 0 aliphatic rings. The number of benzene rings is 2. The van der Waals surface area contributed by atoms with Crippen molar-refractivity contribution >= 4 is 23.3 Å². The van der Waals surface area contributed by atoms with Crippen LogP contribution in [-0.2, 0) is 9.53 Å². The monoisotopic (exact) mass is 416 g/mol. The summed E-state index contributed by atoms with van der Waals surface area (Å²) in [6.07, 6.45) is -1.18. The van der Waals surface area contributed by atoms with Gasteiger partial charge >= 0.3 is 5.97 Å². The number of nitro benzene ring substituents is 1. The van der Waals surface area contributed by atoms with E-state index in [1.165, 1.54) is 20.1 Å². The van der Waals surface area contributed by atoms with Gasteiger partial charge in [0.05, 0.1) is 24.7 Å². The van der Waals surface area contributed by atoms with Gasteiger partial charge in [-0.3, -0.25) is 14.9 Å². The quantitative estimate of drug-likeness (QED) is 0.395. The Morgan fingerprint density at radius 1 is 1.17 bits per heavy atom. The van der Waals surface area contributed by atoms with Crippen LogP contribution < -0.4 is 14.8 Å². The van der Waals surface area contributed by atoms with Crippen molar-refractivity contribution in [2.24, 2.45) is 0 Å². The Balaban J connectivity index is 2.23. The number of amides is 1. The number of hydrogen-bond donors (Lipinski definition) is 1. The fraction of sp³-hybridized carbons (Fsp3) is 0.333. The SMILES string of the molecule is CCOc1cc([N+](=O)[O-])c(C(=O)O[C@@H](C)C(=O)Nc2ccc(C)cc2C)cc1OC. The molecule has 0 aromatic heterocycles. The molecule has 1 atom stereocenters. The summed E-state index contributed by atoms with van der Waals surface area (Å²) in [6, 6.07) is 7.76. The number of anilines is 1. The fourth-order valence-corrected chi connectivity index (χ4v) is 2.76. The average Bonchev–Trinajstić information content (AvgIpc) is 2.69. The molecule has 0 radical (unpaired) electrons. The second-order valence-corrected chi connectivity index (χ2v) is 6.57. The first-order valence-electron chi connectivity index (χ1n) is 9.26. The highest BCUT2D eigenvalue weighted by atomic mass is 16.6. The number of carbonyl (C=O) groups excluding carboxylic acids is 2. The van der Waals surface area contributed by atoms with Crippen molar-refractivity contribution in [1.29, 1.82) is 0 Å². The number of ether oxygens (including phenoxy) is 3. The second kappa shape index (κ2) is 9.73. The first kappa shape index (κ1) is 22.7. The largest absolute Gasteiger partial charge is 0.493 e. The van der Waals surface area contributed by atoms with Crippen molar-refractivity contribution in [2.75, 3.05) is 19.0 Å². The van der Waals surface area contributed by atoms with E-state index in [1.807, 2.05) is 26.0 Å². The summed E-state index contributed by atoms with van der Waals surface area (Å²) in [7, 11) is 1.35. The van der Waals surface area contributed by atoms with Crippen LogP contribution in [0.25, 0.3) is 0 Å². The van der Waals surface area contributed by atoms with Gasteiger partial charge in [-0.2, -0.15) is 0 Å². The van der Waals surface area contributed by atoms with Gasteiger partial charge in [0, 0.05) is 11.8 Å². The molecule has 0 spiro atoms. The van der Waals surface area contributed by atoms with Gasteiger partial charge in [0.25, 0.3) is 11.6 Å². The van der Waals surface area contributed by atoms with Crippen LogP contribution in [0.5, 0.6) is 11.5 Å². The molecular weight excluding hydrogens is 392 g/mol. The maximum Gasteiger partial charge on any atom is 0.346 e. The van der Waals surface area contributed by atoms with Crippen molar-refractivity contribution in [3.05, 3.63) is 57.1 Å². The Hall–Kier alpha value is -3.62. The third kappa shape index (κ3) is 5.25. The van der Waals surface area contributed by atoms with Crippen LogP contribution in [0.2, 0.25) is 0 Å². The molecular formula is C21H24N2O7. The van der Waals surface area contributed by atoms with E-state index in [0.29, 0.717) is 5.69 Å². The lowest BCUT2D eigenvalue weighted by molar-refractivity contribution is -0.385. The number of aryl methyl sites for hydroxylation is 2. The molecule has 30 heavy (non-hydrogen) atoms. The summed E-state index contributed by atoms with van der Waals surface area (Å²) >= 11 is 0. The molecule has 0 aliphatic heterocycles. The van der Waals surface area contributed by atoms with E-state index in [4.69, 9.17) is 14.2 Å². The Labute approximate surface area is 174 Å². The van der Waals surface area contributed by atoms with Crippen molar-refractivity contribution < 1.29 is 28.7 Å². The molecule has 1 amide bonds. The first-order chi connectivity index (χ1) is 14.2. The maximum atomic E-state index is 12.6. The van der Waals surface area contributed by atoms with E-state index in [2.05, 4.69) is 5.32 Å². The number of nitrogens with zero attached hydrogens (tertiary/aromatic N) is 1. The minimum absolute atomic E-state index is 0.129. The molecule has 9 nitrogen and oxygen atoms in total. The second-order valence-electron chi connectivity index (χ2n) is 6.57. The topological polar surface area (TPSA) is 117 Å². The molecule has 160 valence electrons. The van der Waals surface area contributed by atoms with E-state index in [-0.39, 0.29) is 23.7 Å². The van der Waals surface area contributed by atoms with Gasteiger partial charge in [-0.15, -0.1) is 0 Å². The Morgan fingerprint density at radius 3 is 2.43 bits per heavy atom. The molecule has 2 aromatic rings. The molecule has 0 unspecified atom stereocenters. The van der Waals surface area contributed by atoms with Crippen LogP contribution >= 0.6 is 0 Å². The van der Waals surface area contributed by atoms with Crippen molar-refractivity contribution in [2.45, 2.75) is 33.8 Å². The number of nitro groups is 1. The van der Waals surface area contributed by atoms with Gasteiger partial charge < -0.3 is 19.5 Å². The zero-order valence-electron chi connectivity index (χ0n) is 17.5. The van der Waals surface area contributed by atoms with E-state index in [0.717, 1.165) is 17.2 Å². The lowest BCUT2D eigenvalue weighted by atomic mass is 10.1. The number of hydrogen-bond acceptors (Lipinski definition) is 7. The lowest BCUT2D eigenvalue weighted by Crippen LogP contribution is -2.30. The van der Waals surface area contributed by atoms with Gasteiger partial charge in [-0.1, -0.05) is 17.7 Å². The van der Waals surface area contributed by atoms with Crippen LogP contribution in [-0.4, -0.2) is 36.6 Å². The minimum atomic E-state index is -1.18. The number of carbonyl (C=O) groups is 2. The third-order valence-corrected chi connectivity index (χ3v) is 4.29. The predicted octanol–water partition coefficient (Wildman–Crippen LogP) is 3.80. The number of rotatable bonds is 8. The summed E-state index contributed by atoms with van der Waals surface area (Å²) < 4.78 is 15.6. The fourth-order valence-electron chi connectivity index (χ4n) is 2.76. The summed E-state index contributed by atoms with van der Waals surface area (Å²) in [6.45, 7) is 7.13.